The number of hydrogen-bond acceptors (Lipinski definition) is 6. The minimum Gasteiger partial charge on any atom is -0.361 e. The number of aromatic amines is 1. The molecule has 41 heavy (non-hydrogen) atoms. The van der Waals surface area contributed by atoms with Gasteiger partial charge in [0.2, 0.25) is 0 Å². The van der Waals surface area contributed by atoms with Crippen molar-refractivity contribution >= 4 is 27.6 Å². The van der Waals surface area contributed by atoms with E-state index in [2.05, 4.69) is 25.3 Å². The highest BCUT2D eigenvalue weighted by Gasteiger charge is 2.32. The summed E-state index contributed by atoms with van der Waals surface area (Å²) >= 11 is 0. The Morgan fingerprint density at radius 1 is 0.902 bits per heavy atom. The lowest BCUT2D eigenvalue weighted by atomic mass is 9.98. The largest absolute Gasteiger partial charge is 0.433 e. The van der Waals surface area contributed by atoms with Crippen LogP contribution in [0.2, 0.25) is 0 Å². The standard InChI is InChI=1S/C30H21F3N6O2/c1-17(38-28-26-23(40)12-13-34-27(26)36-16-37-28)22-14-18-6-5-9-21(19-10-11-24(35-15-19)30(31,32)33)25(18)29(41)39(22)20-7-3-2-4-8-20/h2-17H,1H3,(H2,34,36,37,38,40)/t17-/m0/s1. The van der Waals surface area contributed by atoms with E-state index in [-0.39, 0.29) is 16.4 Å². The molecule has 11 heteroatoms. The highest BCUT2D eigenvalue weighted by Crippen LogP contribution is 2.32. The van der Waals surface area contributed by atoms with Crippen molar-refractivity contribution in [3.05, 3.63) is 123 Å². The number of rotatable bonds is 5. The van der Waals surface area contributed by atoms with Gasteiger partial charge in [0.1, 0.15) is 28.9 Å². The zero-order chi connectivity index (χ0) is 28.7. The van der Waals surface area contributed by atoms with E-state index in [1.165, 1.54) is 24.7 Å². The summed E-state index contributed by atoms with van der Waals surface area (Å²) in [5.41, 5.74) is 0.743. The summed E-state index contributed by atoms with van der Waals surface area (Å²) in [6.45, 7) is 1.84. The molecule has 8 nitrogen and oxygen atoms in total. The van der Waals surface area contributed by atoms with E-state index in [4.69, 9.17) is 0 Å². The second kappa shape index (κ2) is 10.0. The lowest BCUT2D eigenvalue weighted by molar-refractivity contribution is -0.141. The molecule has 6 aromatic rings. The molecule has 0 bridgehead atoms. The zero-order valence-corrected chi connectivity index (χ0v) is 21.5. The fourth-order valence-corrected chi connectivity index (χ4v) is 4.90. The molecule has 0 fully saturated rings. The van der Waals surface area contributed by atoms with E-state index in [1.807, 2.05) is 19.1 Å². The van der Waals surface area contributed by atoms with Gasteiger partial charge in [-0.2, -0.15) is 13.2 Å². The first-order valence-electron chi connectivity index (χ1n) is 12.6. The molecule has 0 amide bonds. The van der Waals surface area contributed by atoms with Crippen LogP contribution in [0.1, 0.15) is 24.4 Å². The van der Waals surface area contributed by atoms with Gasteiger partial charge in [-0.3, -0.25) is 19.1 Å². The molecule has 204 valence electrons. The van der Waals surface area contributed by atoms with Crippen molar-refractivity contribution in [2.75, 3.05) is 5.32 Å². The van der Waals surface area contributed by atoms with Crippen molar-refractivity contribution in [2.24, 2.45) is 0 Å². The molecule has 0 saturated carbocycles. The van der Waals surface area contributed by atoms with Gasteiger partial charge in [0.05, 0.1) is 11.4 Å². The van der Waals surface area contributed by atoms with Gasteiger partial charge in [-0.1, -0.05) is 42.5 Å². The number of alkyl halides is 3. The third-order valence-corrected chi connectivity index (χ3v) is 6.80. The van der Waals surface area contributed by atoms with Gasteiger partial charge in [-0.05, 0) is 42.1 Å². The summed E-state index contributed by atoms with van der Waals surface area (Å²) in [4.78, 5) is 41.8. The lowest BCUT2D eigenvalue weighted by Crippen LogP contribution is -2.26. The second-order valence-electron chi connectivity index (χ2n) is 9.40. The van der Waals surface area contributed by atoms with Gasteiger partial charge in [-0.15, -0.1) is 0 Å². The van der Waals surface area contributed by atoms with E-state index in [0.717, 1.165) is 12.3 Å². The van der Waals surface area contributed by atoms with Gasteiger partial charge >= 0.3 is 6.18 Å². The van der Waals surface area contributed by atoms with E-state index in [9.17, 15) is 22.8 Å². The van der Waals surface area contributed by atoms with Crippen molar-refractivity contribution in [2.45, 2.75) is 19.1 Å². The Morgan fingerprint density at radius 3 is 2.44 bits per heavy atom. The van der Waals surface area contributed by atoms with Crippen molar-refractivity contribution in [3.63, 3.8) is 0 Å². The molecule has 0 saturated heterocycles. The number of pyridine rings is 3. The Hall–Kier alpha value is -5.32. The van der Waals surface area contributed by atoms with Crippen LogP contribution >= 0.6 is 0 Å². The molecule has 0 aliphatic carbocycles. The molecule has 0 aliphatic rings. The molecule has 1 atom stereocenters. The van der Waals surface area contributed by atoms with Crippen LogP contribution in [0.3, 0.4) is 0 Å². The summed E-state index contributed by atoms with van der Waals surface area (Å²) in [5, 5.41) is 4.47. The molecule has 2 N–H and O–H groups in total. The van der Waals surface area contributed by atoms with E-state index >= 15 is 0 Å². The van der Waals surface area contributed by atoms with Crippen molar-refractivity contribution in [1.82, 2.24) is 24.5 Å². The zero-order valence-electron chi connectivity index (χ0n) is 21.5. The highest BCUT2D eigenvalue weighted by atomic mass is 19.4. The molecule has 0 radical (unpaired) electrons. The third kappa shape index (κ3) is 4.71. The Morgan fingerprint density at radius 2 is 1.71 bits per heavy atom. The average Bonchev–Trinajstić information content (AvgIpc) is 2.97. The SMILES string of the molecule is C[C@H](Nc1ncnc2[nH]ccc(=O)c12)c1cc2cccc(-c3ccc(C(F)(F)F)nc3)c2c(=O)n1-c1ccccc1. The van der Waals surface area contributed by atoms with Gasteiger partial charge in [0.15, 0.2) is 5.43 Å². The summed E-state index contributed by atoms with van der Waals surface area (Å²) in [7, 11) is 0. The number of nitrogens with zero attached hydrogens (tertiary/aromatic N) is 4. The fourth-order valence-electron chi connectivity index (χ4n) is 4.90. The second-order valence-corrected chi connectivity index (χ2v) is 9.40. The molecule has 0 spiro atoms. The van der Waals surface area contributed by atoms with E-state index in [1.54, 1.807) is 47.0 Å². The first-order chi connectivity index (χ1) is 19.7. The number of hydrogen-bond donors (Lipinski definition) is 2. The molecular weight excluding hydrogens is 533 g/mol. The molecule has 4 aromatic heterocycles. The number of halogens is 3. The molecule has 4 heterocycles. The van der Waals surface area contributed by atoms with E-state index < -0.39 is 17.9 Å². The van der Waals surface area contributed by atoms with Crippen LogP contribution < -0.4 is 16.3 Å². The normalized spacial score (nSPS) is 12.5. The summed E-state index contributed by atoms with van der Waals surface area (Å²) in [6, 6.07) is 19.1. The maximum Gasteiger partial charge on any atom is 0.433 e. The summed E-state index contributed by atoms with van der Waals surface area (Å²) in [6.07, 6.45) is -0.609. The van der Waals surface area contributed by atoms with Crippen LogP contribution in [-0.4, -0.2) is 24.5 Å². The molecular formula is C30H21F3N6O2. The third-order valence-electron chi connectivity index (χ3n) is 6.80. The Balaban J connectivity index is 1.54. The number of benzene rings is 2. The minimum atomic E-state index is -4.57. The number of fused-ring (bicyclic) bond motifs is 2. The monoisotopic (exact) mass is 554 g/mol. The van der Waals surface area contributed by atoms with Gasteiger partial charge in [-0.25, -0.2) is 9.97 Å². The van der Waals surface area contributed by atoms with Gasteiger partial charge in [0, 0.05) is 35.4 Å². The lowest BCUT2D eigenvalue weighted by Gasteiger charge is -2.22. The van der Waals surface area contributed by atoms with Gasteiger partial charge in [0.25, 0.3) is 5.56 Å². The molecule has 0 unspecified atom stereocenters. The van der Waals surface area contributed by atoms with Crippen LogP contribution in [0.25, 0.3) is 38.6 Å². The summed E-state index contributed by atoms with van der Waals surface area (Å²) in [5.74, 6) is 0.307. The smallest absolute Gasteiger partial charge is 0.361 e. The Kier molecular flexibility index (Phi) is 6.33. The average molecular weight is 555 g/mol. The van der Waals surface area contributed by atoms with Crippen LogP contribution in [-0.2, 0) is 6.18 Å². The number of aromatic nitrogens is 5. The maximum absolute atomic E-state index is 14.2. The first-order valence-corrected chi connectivity index (χ1v) is 12.6. The number of anilines is 1. The van der Waals surface area contributed by atoms with Crippen molar-refractivity contribution < 1.29 is 13.2 Å². The fraction of sp³-hybridized carbons (Fsp3) is 0.100. The first kappa shape index (κ1) is 25.9. The van der Waals surface area contributed by atoms with Gasteiger partial charge < -0.3 is 10.3 Å². The molecule has 0 aliphatic heterocycles. The number of para-hydroxylation sites is 1. The van der Waals surface area contributed by atoms with Crippen LogP contribution in [0.15, 0.2) is 101 Å². The summed E-state index contributed by atoms with van der Waals surface area (Å²) < 4.78 is 40.9. The van der Waals surface area contributed by atoms with E-state index in [0.29, 0.717) is 44.7 Å². The van der Waals surface area contributed by atoms with Crippen LogP contribution in [0.5, 0.6) is 0 Å². The molecule has 2 aromatic carbocycles. The Bertz CT molecular complexity index is 2020. The quantitative estimate of drug-likeness (QED) is 0.276. The topological polar surface area (TPSA) is 106 Å². The maximum atomic E-state index is 14.2. The Labute approximate surface area is 230 Å². The van der Waals surface area contributed by atoms with Crippen molar-refractivity contribution in [3.8, 4) is 16.8 Å². The molecule has 6 rings (SSSR count). The predicted molar refractivity (Wildman–Crippen MR) is 150 cm³/mol. The number of nitrogens with one attached hydrogen (secondary N) is 2. The van der Waals surface area contributed by atoms with Crippen LogP contribution in [0, 0.1) is 0 Å². The minimum absolute atomic E-state index is 0.261. The van der Waals surface area contributed by atoms with Crippen LogP contribution in [0.4, 0.5) is 19.0 Å². The highest BCUT2D eigenvalue weighted by molar-refractivity contribution is 5.96. The van der Waals surface area contributed by atoms with Crippen molar-refractivity contribution in [1.29, 1.82) is 0 Å². The number of H-pyrrole nitrogens is 1. The predicted octanol–water partition coefficient (Wildman–Crippen LogP) is 5.88.